The van der Waals surface area contributed by atoms with E-state index in [0.717, 1.165) is 6.42 Å². The van der Waals surface area contributed by atoms with Crippen molar-refractivity contribution >= 4 is 34.0 Å². The zero-order chi connectivity index (χ0) is 18.4. The van der Waals surface area contributed by atoms with Crippen LogP contribution in [0.25, 0.3) is 10.8 Å². The number of nitrogens with zero attached hydrogens (tertiary/aromatic N) is 1. The highest BCUT2D eigenvalue weighted by atomic mass is 32.1. The van der Waals surface area contributed by atoms with E-state index in [1.54, 1.807) is 35.6 Å². The van der Waals surface area contributed by atoms with Crippen LogP contribution in [0.1, 0.15) is 10.6 Å². The molecule has 26 heavy (non-hydrogen) atoms. The summed E-state index contributed by atoms with van der Waals surface area (Å²) >= 11 is 1.63. The van der Waals surface area contributed by atoms with Crippen molar-refractivity contribution in [3.63, 3.8) is 0 Å². The van der Waals surface area contributed by atoms with E-state index in [9.17, 15) is 14.4 Å². The number of nitrogens with one attached hydrogen (secondary N) is 2. The van der Waals surface area contributed by atoms with Gasteiger partial charge < -0.3 is 10.1 Å². The van der Waals surface area contributed by atoms with Crippen LogP contribution in [0.3, 0.4) is 0 Å². The van der Waals surface area contributed by atoms with Gasteiger partial charge in [-0.05, 0) is 23.9 Å². The first-order chi connectivity index (χ1) is 12.6. The average molecular weight is 371 g/mol. The number of rotatable bonds is 7. The van der Waals surface area contributed by atoms with Crippen LogP contribution in [0.4, 0.5) is 0 Å². The van der Waals surface area contributed by atoms with Crippen LogP contribution >= 0.6 is 11.3 Å². The third-order valence-electron chi connectivity index (χ3n) is 3.72. The second kappa shape index (κ2) is 8.39. The monoisotopic (exact) mass is 371 g/mol. The standard InChI is InChI=1S/C18H17N3O4S/c22-16(19-8-7-12-4-3-9-26-12)11-25-17(23)10-15-13-5-1-2-6-14(13)18(24)21-20-15/h1-6,9H,7-8,10-11H2,(H,19,22)(H,21,24). The molecular weight excluding hydrogens is 354 g/mol. The zero-order valence-electron chi connectivity index (χ0n) is 13.9. The molecular formula is C18H17N3O4S. The van der Waals surface area contributed by atoms with Crippen molar-refractivity contribution in [2.24, 2.45) is 0 Å². The Balaban J connectivity index is 1.49. The number of esters is 1. The second-order valence-corrected chi connectivity index (χ2v) is 6.59. The number of thiophene rings is 1. The zero-order valence-corrected chi connectivity index (χ0v) is 14.7. The van der Waals surface area contributed by atoms with E-state index in [-0.39, 0.29) is 24.5 Å². The molecule has 2 N–H and O–H groups in total. The van der Waals surface area contributed by atoms with Crippen LogP contribution in [0.2, 0.25) is 0 Å². The molecule has 7 nitrogen and oxygen atoms in total. The average Bonchev–Trinajstić information content (AvgIpc) is 3.16. The van der Waals surface area contributed by atoms with Gasteiger partial charge in [0.1, 0.15) is 0 Å². The van der Waals surface area contributed by atoms with Gasteiger partial charge in [-0.2, -0.15) is 5.10 Å². The van der Waals surface area contributed by atoms with Crippen molar-refractivity contribution in [1.82, 2.24) is 15.5 Å². The molecule has 8 heteroatoms. The SMILES string of the molecule is O=C(COC(=O)Cc1n[nH]c(=O)c2ccccc12)NCCc1cccs1. The Kier molecular flexibility index (Phi) is 5.75. The van der Waals surface area contributed by atoms with Crippen molar-refractivity contribution in [3.05, 3.63) is 62.7 Å². The number of fused-ring (bicyclic) bond motifs is 1. The number of carbonyl (C=O) groups is 2. The summed E-state index contributed by atoms with van der Waals surface area (Å²) < 4.78 is 4.99. The number of carbonyl (C=O) groups excluding carboxylic acids is 2. The van der Waals surface area contributed by atoms with E-state index in [4.69, 9.17) is 4.74 Å². The van der Waals surface area contributed by atoms with E-state index in [0.29, 0.717) is 23.0 Å². The van der Waals surface area contributed by atoms with Gasteiger partial charge in [0.05, 0.1) is 17.5 Å². The summed E-state index contributed by atoms with van der Waals surface area (Å²) in [5.74, 6) is -0.933. The Hall–Kier alpha value is -3.00. The van der Waals surface area contributed by atoms with Gasteiger partial charge in [0.2, 0.25) is 0 Å². The number of aromatic amines is 1. The Morgan fingerprint density at radius 3 is 2.73 bits per heavy atom. The maximum absolute atomic E-state index is 12.0. The third-order valence-corrected chi connectivity index (χ3v) is 4.66. The molecule has 1 amide bonds. The van der Waals surface area contributed by atoms with Crippen LogP contribution < -0.4 is 10.9 Å². The molecule has 0 fully saturated rings. The summed E-state index contributed by atoms with van der Waals surface area (Å²) in [6.07, 6.45) is 0.615. The molecule has 2 aromatic heterocycles. The van der Waals surface area contributed by atoms with Gasteiger partial charge in [0, 0.05) is 16.8 Å². The fourth-order valence-electron chi connectivity index (χ4n) is 2.47. The summed E-state index contributed by atoms with van der Waals surface area (Å²) in [6.45, 7) is 0.146. The predicted molar refractivity (Wildman–Crippen MR) is 98.1 cm³/mol. The summed E-state index contributed by atoms with van der Waals surface area (Å²) in [4.78, 5) is 36.6. The highest BCUT2D eigenvalue weighted by Gasteiger charge is 2.13. The quantitative estimate of drug-likeness (QED) is 0.612. The normalized spacial score (nSPS) is 10.6. The first-order valence-corrected chi connectivity index (χ1v) is 8.92. The lowest BCUT2D eigenvalue weighted by Crippen LogP contribution is -2.30. The van der Waals surface area contributed by atoms with E-state index in [2.05, 4.69) is 15.5 Å². The molecule has 0 aliphatic rings. The van der Waals surface area contributed by atoms with Gasteiger partial charge in [-0.25, -0.2) is 5.10 Å². The van der Waals surface area contributed by atoms with Gasteiger partial charge in [0.25, 0.3) is 11.5 Å². The first-order valence-electron chi connectivity index (χ1n) is 8.04. The lowest BCUT2D eigenvalue weighted by molar-refractivity contribution is -0.147. The van der Waals surface area contributed by atoms with E-state index in [1.165, 1.54) is 4.88 Å². The Bertz CT molecular complexity index is 966. The molecule has 0 aliphatic carbocycles. The Morgan fingerprint density at radius 2 is 1.96 bits per heavy atom. The molecule has 0 bridgehead atoms. The number of hydrogen-bond acceptors (Lipinski definition) is 6. The Morgan fingerprint density at radius 1 is 1.15 bits per heavy atom. The molecule has 3 aromatic rings. The second-order valence-electron chi connectivity index (χ2n) is 5.56. The minimum Gasteiger partial charge on any atom is -0.455 e. The van der Waals surface area contributed by atoms with Crippen LogP contribution in [-0.4, -0.2) is 35.2 Å². The molecule has 1 aromatic carbocycles. The van der Waals surface area contributed by atoms with E-state index in [1.807, 2.05) is 17.5 Å². The van der Waals surface area contributed by atoms with Crippen molar-refractivity contribution < 1.29 is 14.3 Å². The van der Waals surface area contributed by atoms with Crippen LogP contribution in [0.15, 0.2) is 46.6 Å². The van der Waals surface area contributed by atoms with Crippen molar-refractivity contribution in [3.8, 4) is 0 Å². The Labute approximate surface area is 153 Å². The molecule has 2 heterocycles. The van der Waals surface area contributed by atoms with Crippen molar-refractivity contribution in [2.75, 3.05) is 13.2 Å². The minimum absolute atomic E-state index is 0.125. The molecule has 134 valence electrons. The van der Waals surface area contributed by atoms with Crippen LogP contribution in [0.5, 0.6) is 0 Å². The molecule has 0 radical (unpaired) electrons. The van der Waals surface area contributed by atoms with Gasteiger partial charge in [-0.15, -0.1) is 11.3 Å². The highest BCUT2D eigenvalue weighted by molar-refractivity contribution is 7.09. The largest absolute Gasteiger partial charge is 0.455 e. The summed E-state index contributed by atoms with van der Waals surface area (Å²) in [5.41, 5.74) is 0.0890. The number of H-pyrrole nitrogens is 1. The minimum atomic E-state index is -0.580. The maximum atomic E-state index is 12.0. The van der Waals surface area contributed by atoms with Gasteiger partial charge in [-0.3, -0.25) is 14.4 Å². The lowest BCUT2D eigenvalue weighted by atomic mass is 10.1. The van der Waals surface area contributed by atoms with Gasteiger partial charge >= 0.3 is 5.97 Å². The number of ether oxygens (including phenoxy) is 1. The number of benzene rings is 1. The first kappa shape index (κ1) is 17.8. The molecule has 0 aliphatic heterocycles. The summed E-state index contributed by atoms with van der Waals surface area (Å²) in [5, 5.41) is 12.0. The maximum Gasteiger partial charge on any atom is 0.312 e. The topological polar surface area (TPSA) is 101 Å². The van der Waals surface area contributed by atoms with Crippen molar-refractivity contribution in [2.45, 2.75) is 12.8 Å². The lowest BCUT2D eigenvalue weighted by Gasteiger charge is -2.07. The predicted octanol–water partition coefficient (Wildman–Crippen LogP) is 1.43. The molecule has 3 rings (SSSR count). The van der Waals surface area contributed by atoms with Gasteiger partial charge in [0.15, 0.2) is 6.61 Å². The summed E-state index contributed by atoms with van der Waals surface area (Å²) in [7, 11) is 0. The number of amides is 1. The van der Waals surface area contributed by atoms with E-state index >= 15 is 0 Å². The fraction of sp³-hybridized carbons (Fsp3) is 0.222. The molecule has 0 unspecified atom stereocenters. The third kappa shape index (κ3) is 4.54. The number of aromatic nitrogens is 2. The molecule has 0 spiro atoms. The highest BCUT2D eigenvalue weighted by Crippen LogP contribution is 2.13. The molecule has 0 saturated heterocycles. The van der Waals surface area contributed by atoms with Crippen LogP contribution in [-0.2, 0) is 27.2 Å². The number of hydrogen-bond donors (Lipinski definition) is 2. The van der Waals surface area contributed by atoms with Crippen LogP contribution in [0, 0.1) is 0 Å². The summed E-state index contributed by atoms with van der Waals surface area (Å²) in [6, 6.07) is 10.8. The van der Waals surface area contributed by atoms with Gasteiger partial charge in [-0.1, -0.05) is 24.3 Å². The van der Waals surface area contributed by atoms with Crippen molar-refractivity contribution in [1.29, 1.82) is 0 Å². The molecule has 0 atom stereocenters. The molecule has 0 saturated carbocycles. The fourth-order valence-corrected chi connectivity index (χ4v) is 3.18. The van der Waals surface area contributed by atoms with E-state index < -0.39 is 5.97 Å². The smallest absolute Gasteiger partial charge is 0.312 e.